The van der Waals surface area contributed by atoms with Gasteiger partial charge in [-0.15, -0.1) is 0 Å². The quantitative estimate of drug-likeness (QED) is 0.350. The van der Waals surface area contributed by atoms with Crippen LogP contribution in [0.25, 0.3) is 10.9 Å². The molecule has 7 heteroatoms. The van der Waals surface area contributed by atoms with E-state index in [2.05, 4.69) is 0 Å². The lowest BCUT2D eigenvalue weighted by atomic mass is 9.94. The standard InChI is InChI=1S/C26H28FN3O2S/c27-19-12-10-18(11-13-19)16-29(20-6-2-1-3-7-20)24(31)17-33-26-28-23-9-5-4-8-22(23)25(32)30(26)21-14-15-21/h4-5,8-13,20-21H,1-3,6-7,14-17H2. The van der Waals surface area contributed by atoms with Crippen LogP contribution in [0.3, 0.4) is 0 Å². The van der Waals surface area contributed by atoms with Crippen LogP contribution >= 0.6 is 11.8 Å². The molecule has 0 unspecified atom stereocenters. The minimum absolute atomic E-state index is 0.0199. The summed E-state index contributed by atoms with van der Waals surface area (Å²) in [6.07, 6.45) is 7.40. The van der Waals surface area contributed by atoms with Gasteiger partial charge in [-0.1, -0.05) is 55.3 Å². The number of hydrogen-bond donors (Lipinski definition) is 0. The molecule has 0 aliphatic heterocycles. The van der Waals surface area contributed by atoms with Crippen molar-refractivity contribution in [3.63, 3.8) is 0 Å². The average molecular weight is 466 g/mol. The Morgan fingerprint density at radius 1 is 1.03 bits per heavy atom. The van der Waals surface area contributed by atoms with Gasteiger partial charge in [0.1, 0.15) is 5.82 Å². The van der Waals surface area contributed by atoms with E-state index >= 15 is 0 Å². The molecule has 1 aromatic heterocycles. The number of amides is 1. The van der Waals surface area contributed by atoms with Crippen LogP contribution in [-0.2, 0) is 11.3 Å². The lowest BCUT2D eigenvalue weighted by molar-refractivity contribution is -0.132. The number of fused-ring (bicyclic) bond motifs is 1. The van der Waals surface area contributed by atoms with Gasteiger partial charge in [0.2, 0.25) is 5.91 Å². The predicted octanol–water partition coefficient (Wildman–Crippen LogP) is 5.32. The summed E-state index contributed by atoms with van der Waals surface area (Å²) in [5, 5.41) is 1.25. The summed E-state index contributed by atoms with van der Waals surface area (Å²) >= 11 is 1.36. The van der Waals surface area contributed by atoms with Crippen LogP contribution < -0.4 is 5.56 Å². The van der Waals surface area contributed by atoms with Crippen molar-refractivity contribution in [3.05, 3.63) is 70.3 Å². The predicted molar refractivity (Wildman–Crippen MR) is 129 cm³/mol. The van der Waals surface area contributed by atoms with E-state index < -0.39 is 0 Å². The molecule has 2 aromatic carbocycles. The van der Waals surface area contributed by atoms with Gasteiger partial charge in [-0.3, -0.25) is 14.2 Å². The smallest absolute Gasteiger partial charge is 0.262 e. The van der Waals surface area contributed by atoms with E-state index in [9.17, 15) is 14.0 Å². The lowest BCUT2D eigenvalue weighted by Gasteiger charge is -2.34. The van der Waals surface area contributed by atoms with E-state index in [-0.39, 0.29) is 35.1 Å². The molecule has 2 fully saturated rings. The molecule has 3 aromatic rings. The highest BCUT2D eigenvalue weighted by Crippen LogP contribution is 2.37. The summed E-state index contributed by atoms with van der Waals surface area (Å²) in [4.78, 5) is 33.3. The van der Waals surface area contributed by atoms with Crippen molar-refractivity contribution in [3.8, 4) is 0 Å². The van der Waals surface area contributed by atoms with E-state index in [1.807, 2.05) is 29.2 Å². The fourth-order valence-electron chi connectivity index (χ4n) is 4.69. The third-order valence-corrected chi connectivity index (χ3v) is 7.55. The van der Waals surface area contributed by atoms with Gasteiger partial charge in [0.15, 0.2) is 5.16 Å². The molecule has 2 aliphatic rings. The SMILES string of the molecule is O=C(CSc1nc2ccccc2c(=O)n1C1CC1)N(Cc1ccc(F)cc1)C1CCCCC1. The molecule has 1 heterocycles. The van der Waals surface area contributed by atoms with Crippen molar-refractivity contribution in [1.82, 2.24) is 14.5 Å². The van der Waals surface area contributed by atoms with E-state index in [4.69, 9.17) is 4.98 Å². The molecule has 0 N–H and O–H groups in total. The van der Waals surface area contributed by atoms with Crippen LogP contribution in [0.2, 0.25) is 0 Å². The molecule has 5 rings (SSSR count). The van der Waals surface area contributed by atoms with Gasteiger partial charge in [-0.05, 0) is 55.5 Å². The molecule has 0 spiro atoms. The van der Waals surface area contributed by atoms with Gasteiger partial charge < -0.3 is 4.90 Å². The van der Waals surface area contributed by atoms with Crippen LogP contribution in [0.15, 0.2) is 58.5 Å². The zero-order valence-electron chi connectivity index (χ0n) is 18.6. The molecule has 172 valence electrons. The Morgan fingerprint density at radius 2 is 1.76 bits per heavy atom. The number of hydrogen-bond acceptors (Lipinski definition) is 4. The first-order chi connectivity index (χ1) is 16.1. The number of aromatic nitrogens is 2. The van der Waals surface area contributed by atoms with Crippen molar-refractivity contribution in [1.29, 1.82) is 0 Å². The molecular formula is C26H28FN3O2S. The van der Waals surface area contributed by atoms with Gasteiger partial charge in [0, 0.05) is 18.6 Å². The maximum Gasteiger partial charge on any atom is 0.262 e. The molecule has 0 bridgehead atoms. The topological polar surface area (TPSA) is 55.2 Å². The second-order valence-corrected chi connectivity index (χ2v) is 9.99. The maximum atomic E-state index is 13.4. The summed E-state index contributed by atoms with van der Waals surface area (Å²) in [5.74, 6) is 0.00102. The number of benzene rings is 2. The highest BCUT2D eigenvalue weighted by molar-refractivity contribution is 7.99. The molecular weight excluding hydrogens is 437 g/mol. The first kappa shape index (κ1) is 22.1. The third-order valence-electron chi connectivity index (χ3n) is 6.61. The summed E-state index contributed by atoms with van der Waals surface area (Å²) in [6.45, 7) is 0.477. The average Bonchev–Trinajstić information content (AvgIpc) is 3.68. The molecule has 0 atom stereocenters. The molecule has 2 aliphatic carbocycles. The van der Waals surface area contributed by atoms with Gasteiger partial charge in [0.05, 0.1) is 16.7 Å². The van der Waals surface area contributed by atoms with Crippen molar-refractivity contribution in [2.45, 2.75) is 68.7 Å². The van der Waals surface area contributed by atoms with Crippen molar-refractivity contribution in [2.75, 3.05) is 5.75 Å². The number of halogens is 1. The number of carbonyl (C=O) groups is 1. The van der Waals surface area contributed by atoms with Crippen LogP contribution in [0.4, 0.5) is 4.39 Å². The summed E-state index contributed by atoms with van der Waals surface area (Å²) in [5.41, 5.74) is 1.58. The molecule has 33 heavy (non-hydrogen) atoms. The third kappa shape index (κ3) is 4.98. The highest BCUT2D eigenvalue weighted by Gasteiger charge is 2.30. The number of carbonyl (C=O) groups excluding carboxylic acids is 1. The minimum Gasteiger partial charge on any atom is -0.335 e. The van der Waals surface area contributed by atoms with Crippen molar-refractivity contribution in [2.24, 2.45) is 0 Å². The minimum atomic E-state index is -0.273. The summed E-state index contributed by atoms with van der Waals surface area (Å²) < 4.78 is 15.2. The summed E-state index contributed by atoms with van der Waals surface area (Å²) in [7, 11) is 0. The second kappa shape index (κ2) is 9.67. The number of rotatable bonds is 7. The molecule has 1 amide bonds. The Morgan fingerprint density at radius 3 is 2.48 bits per heavy atom. The van der Waals surface area contributed by atoms with Gasteiger partial charge in [0.25, 0.3) is 5.56 Å². The molecule has 2 saturated carbocycles. The number of para-hydroxylation sites is 1. The Labute approximate surface area is 197 Å². The zero-order chi connectivity index (χ0) is 22.8. The normalized spacial score (nSPS) is 16.8. The number of nitrogens with zero attached hydrogens (tertiary/aromatic N) is 3. The molecule has 0 saturated heterocycles. The Bertz CT molecular complexity index is 1200. The largest absolute Gasteiger partial charge is 0.335 e. The Balaban J connectivity index is 1.38. The fraction of sp³-hybridized carbons (Fsp3) is 0.423. The monoisotopic (exact) mass is 465 g/mol. The van der Waals surface area contributed by atoms with Crippen molar-refractivity contribution < 1.29 is 9.18 Å². The second-order valence-electron chi connectivity index (χ2n) is 9.05. The van der Waals surface area contributed by atoms with Gasteiger partial charge >= 0.3 is 0 Å². The van der Waals surface area contributed by atoms with E-state index in [0.717, 1.165) is 44.1 Å². The molecule has 0 radical (unpaired) electrons. The van der Waals surface area contributed by atoms with Crippen LogP contribution in [-0.4, -0.2) is 32.2 Å². The Hall–Kier alpha value is -2.67. The van der Waals surface area contributed by atoms with E-state index in [1.54, 1.807) is 16.7 Å². The Kier molecular flexibility index (Phi) is 6.49. The van der Waals surface area contributed by atoms with E-state index in [0.29, 0.717) is 22.6 Å². The van der Waals surface area contributed by atoms with Crippen LogP contribution in [0.1, 0.15) is 56.6 Å². The first-order valence-corrected chi connectivity index (χ1v) is 12.8. The van der Waals surface area contributed by atoms with Gasteiger partial charge in [-0.2, -0.15) is 0 Å². The number of thioether (sulfide) groups is 1. The molecule has 5 nitrogen and oxygen atoms in total. The summed E-state index contributed by atoms with van der Waals surface area (Å²) in [6, 6.07) is 14.2. The lowest BCUT2D eigenvalue weighted by Crippen LogP contribution is -2.42. The van der Waals surface area contributed by atoms with Crippen LogP contribution in [0.5, 0.6) is 0 Å². The van der Waals surface area contributed by atoms with Crippen LogP contribution in [0, 0.1) is 5.82 Å². The fourth-order valence-corrected chi connectivity index (χ4v) is 5.64. The van der Waals surface area contributed by atoms with E-state index in [1.165, 1.54) is 30.3 Å². The highest BCUT2D eigenvalue weighted by atomic mass is 32.2. The van der Waals surface area contributed by atoms with Gasteiger partial charge in [-0.25, -0.2) is 9.37 Å². The first-order valence-electron chi connectivity index (χ1n) is 11.8. The zero-order valence-corrected chi connectivity index (χ0v) is 19.4. The maximum absolute atomic E-state index is 13.4. The van der Waals surface area contributed by atoms with Crippen molar-refractivity contribution >= 4 is 28.6 Å².